The molecule has 2 aromatic heterocycles. The van der Waals surface area contributed by atoms with Crippen LogP contribution in [0.4, 0.5) is 0 Å². The quantitative estimate of drug-likeness (QED) is 0.555. The van der Waals surface area contributed by atoms with E-state index in [-0.39, 0.29) is 12.0 Å². The Balaban J connectivity index is 1.45. The number of hydrogen-bond acceptors (Lipinski definition) is 7. The van der Waals surface area contributed by atoms with Crippen LogP contribution in [-0.2, 0) is 9.53 Å². The summed E-state index contributed by atoms with van der Waals surface area (Å²) < 4.78 is 8.21. The molecule has 150 valence electrons. The normalized spacial score (nSPS) is 24.9. The molecule has 0 radical (unpaired) electrons. The molecule has 4 heterocycles. The van der Waals surface area contributed by atoms with Gasteiger partial charge in [0.05, 0.1) is 24.7 Å². The summed E-state index contributed by atoms with van der Waals surface area (Å²) in [5.74, 6) is 1.02. The lowest BCUT2D eigenvalue weighted by Gasteiger charge is -2.35. The maximum Gasteiger partial charge on any atom is 0.224 e. The maximum atomic E-state index is 12.0. The number of rotatable bonds is 5. The van der Waals surface area contributed by atoms with Crippen molar-refractivity contribution in [3.63, 3.8) is 0 Å². The summed E-state index contributed by atoms with van der Waals surface area (Å²) in [4.78, 5) is 29.4. The van der Waals surface area contributed by atoms with Gasteiger partial charge in [-0.1, -0.05) is 11.8 Å². The van der Waals surface area contributed by atoms with Crippen molar-refractivity contribution in [2.45, 2.75) is 36.2 Å². The van der Waals surface area contributed by atoms with Gasteiger partial charge >= 0.3 is 0 Å². The number of nitrogens with zero attached hydrogens (tertiary/aromatic N) is 6. The molecule has 0 aliphatic carbocycles. The highest BCUT2D eigenvalue weighted by Crippen LogP contribution is 2.33. The molecule has 3 atom stereocenters. The van der Waals surface area contributed by atoms with Gasteiger partial charge in [0.2, 0.25) is 5.91 Å². The zero-order valence-electron chi connectivity index (χ0n) is 16.5. The first-order chi connectivity index (χ1) is 13.5. The van der Waals surface area contributed by atoms with Gasteiger partial charge in [0.25, 0.3) is 0 Å². The molecule has 0 bridgehead atoms. The molecule has 0 unspecified atom stereocenters. The third-order valence-electron chi connectivity index (χ3n) is 5.50. The Kier molecular flexibility index (Phi) is 5.65. The highest BCUT2D eigenvalue weighted by atomic mass is 32.2. The van der Waals surface area contributed by atoms with Crippen LogP contribution in [0.3, 0.4) is 0 Å². The summed E-state index contributed by atoms with van der Waals surface area (Å²) in [5, 5.41) is 0.760. The highest BCUT2D eigenvalue weighted by molar-refractivity contribution is 7.98. The Morgan fingerprint density at radius 1 is 1.25 bits per heavy atom. The average Bonchev–Trinajstić information content (AvgIpc) is 3.34. The average molecular weight is 403 g/mol. The van der Waals surface area contributed by atoms with Gasteiger partial charge in [-0.3, -0.25) is 9.69 Å². The number of amides is 1. The van der Waals surface area contributed by atoms with Crippen molar-refractivity contribution in [2.75, 3.05) is 40.0 Å². The largest absolute Gasteiger partial charge is 0.375 e. The lowest BCUT2D eigenvalue weighted by molar-refractivity contribution is -0.134. The molecule has 2 saturated heterocycles. The number of carbonyl (C=O) groups excluding carboxylic acids is 1. The van der Waals surface area contributed by atoms with E-state index >= 15 is 0 Å². The van der Waals surface area contributed by atoms with Gasteiger partial charge in [-0.2, -0.15) is 0 Å². The Morgan fingerprint density at radius 2 is 2.04 bits per heavy atom. The Morgan fingerprint density at radius 3 is 2.75 bits per heavy atom. The number of fused-ring (bicyclic) bond motifs is 1. The zero-order chi connectivity index (χ0) is 19.7. The smallest absolute Gasteiger partial charge is 0.224 e. The fourth-order valence-corrected chi connectivity index (χ4v) is 4.30. The van der Waals surface area contributed by atoms with Crippen LogP contribution in [-0.4, -0.2) is 87.4 Å². The standard InChI is InChI=1S/C19H26N6O2S/c1-23(2)17(26)7-16-11-24-10-14(6-15(24)12-27-16)25-5-4-20-18(25)13-8-21-19(28-3)22-9-13/h4-5,8-9,14-16H,6-7,10-12H2,1-3H3/t14-,15+,16+/m1/s1. The van der Waals surface area contributed by atoms with Crippen LogP contribution >= 0.6 is 11.8 Å². The van der Waals surface area contributed by atoms with E-state index in [2.05, 4.69) is 24.4 Å². The van der Waals surface area contributed by atoms with Crippen LogP contribution in [0.5, 0.6) is 0 Å². The van der Waals surface area contributed by atoms with Crippen molar-refractivity contribution >= 4 is 17.7 Å². The van der Waals surface area contributed by atoms with E-state index in [1.807, 2.05) is 31.0 Å². The second-order valence-electron chi connectivity index (χ2n) is 7.56. The number of morpholine rings is 1. The van der Waals surface area contributed by atoms with Crippen LogP contribution in [0, 0.1) is 0 Å². The Labute approximate surface area is 169 Å². The fraction of sp³-hybridized carbons (Fsp3) is 0.579. The molecule has 8 nitrogen and oxygen atoms in total. The summed E-state index contributed by atoms with van der Waals surface area (Å²) >= 11 is 1.53. The minimum Gasteiger partial charge on any atom is -0.375 e. The topological polar surface area (TPSA) is 76.4 Å². The number of aromatic nitrogens is 4. The number of carbonyl (C=O) groups is 1. The molecule has 28 heavy (non-hydrogen) atoms. The van der Waals surface area contributed by atoms with Crippen molar-refractivity contribution in [1.82, 2.24) is 29.3 Å². The van der Waals surface area contributed by atoms with E-state index in [1.54, 1.807) is 19.0 Å². The summed E-state index contributed by atoms with van der Waals surface area (Å²) in [6.45, 7) is 2.42. The molecule has 9 heteroatoms. The number of hydrogen-bond donors (Lipinski definition) is 0. The van der Waals surface area contributed by atoms with Gasteiger partial charge < -0.3 is 14.2 Å². The van der Waals surface area contributed by atoms with Crippen molar-refractivity contribution in [3.05, 3.63) is 24.8 Å². The molecule has 1 amide bonds. The van der Waals surface area contributed by atoms with Crippen LogP contribution in [0.1, 0.15) is 18.9 Å². The molecule has 4 rings (SSSR count). The highest BCUT2D eigenvalue weighted by Gasteiger charge is 2.39. The molecule has 0 saturated carbocycles. The number of ether oxygens (including phenoxy) is 1. The molecule has 0 N–H and O–H groups in total. The van der Waals surface area contributed by atoms with Crippen molar-refractivity contribution in [2.24, 2.45) is 0 Å². The van der Waals surface area contributed by atoms with Crippen LogP contribution in [0.2, 0.25) is 0 Å². The summed E-state index contributed by atoms with van der Waals surface area (Å²) in [7, 11) is 3.58. The van der Waals surface area contributed by atoms with E-state index in [0.29, 0.717) is 25.1 Å². The Hall–Kier alpha value is -1.97. The van der Waals surface area contributed by atoms with Crippen molar-refractivity contribution < 1.29 is 9.53 Å². The summed E-state index contributed by atoms with van der Waals surface area (Å²) in [5.41, 5.74) is 0.929. The monoisotopic (exact) mass is 402 g/mol. The van der Waals surface area contributed by atoms with E-state index in [4.69, 9.17) is 4.74 Å². The number of imidazole rings is 1. The maximum absolute atomic E-state index is 12.0. The molecule has 2 aliphatic rings. The SMILES string of the molecule is CSc1ncc(-c2nccn2[C@@H]2C[C@H]3CO[C@@H](CC(=O)N(C)C)CN3C2)cn1. The molecular weight excluding hydrogens is 376 g/mol. The minimum atomic E-state index is -0.0281. The first kappa shape index (κ1) is 19.4. The minimum absolute atomic E-state index is 0.0281. The van der Waals surface area contributed by atoms with E-state index in [9.17, 15) is 4.79 Å². The van der Waals surface area contributed by atoms with E-state index in [0.717, 1.165) is 36.1 Å². The molecule has 0 spiro atoms. The first-order valence-corrected chi connectivity index (χ1v) is 10.7. The Bertz CT molecular complexity index is 824. The lowest BCUT2D eigenvalue weighted by Crippen LogP contribution is -2.47. The predicted molar refractivity (Wildman–Crippen MR) is 107 cm³/mol. The summed E-state index contributed by atoms with van der Waals surface area (Å²) in [6, 6.07) is 0.718. The van der Waals surface area contributed by atoms with Crippen LogP contribution in [0.25, 0.3) is 11.4 Å². The van der Waals surface area contributed by atoms with Gasteiger partial charge in [0.1, 0.15) is 5.82 Å². The van der Waals surface area contributed by atoms with Gasteiger partial charge in [-0.25, -0.2) is 15.0 Å². The third kappa shape index (κ3) is 3.92. The second-order valence-corrected chi connectivity index (χ2v) is 8.33. The zero-order valence-corrected chi connectivity index (χ0v) is 17.3. The molecule has 2 aromatic rings. The van der Waals surface area contributed by atoms with Crippen LogP contribution in [0.15, 0.2) is 29.9 Å². The third-order valence-corrected chi connectivity index (χ3v) is 6.08. The van der Waals surface area contributed by atoms with Crippen molar-refractivity contribution in [1.29, 1.82) is 0 Å². The second kappa shape index (κ2) is 8.18. The van der Waals surface area contributed by atoms with Gasteiger partial charge in [0, 0.05) is 64.1 Å². The fourth-order valence-electron chi connectivity index (χ4n) is 3.99. The van der Waals surface area contributed by atoms with E-state index in [1.165, 1.54) is 11.8 Å². The molecular formula is C19H26N6O2S. The van der Waals surface area contributed by atoms with Gasteiger partial charge in [-0.15, -0.1) is 0 Å². The lowest BCUT2D eigenvalue weighted by atomic mass is 10.1. The molecule has 2 aliphatic heterocycles. The van der Waals surface area contributed by atoms with E-state index < -0.39 is 0 Å². The number of thioether (sulfide) groups is 1. The molecule has 0 aromatic carbocycles. The van der Waals surface area contributed by atoms with Crippen molar-refractivity contribution in [3.8, 4) is 11.4 Å². The van der Waals surface area contributed by atoms with Gasteiger partial charge in [0.15, 0.2) is 5.16 Å². The first-order valence-electron chi connectivity index (χ1n) is 9.50. The predicted octanol–water partition coefficient (Wildman–Crippen LogP) is 1.55. The van der Waals surface area contributed by atoms with Gasteiger partial charge in [-0.05, 0) is 12.7 Å². The molecule has 2 fully saturated rings. The summed E-state index contributed by atoms with van der Waals surface area (Å²) in [6.07, 6.45) is 10.9. The van der Waals surface area contributed by atoms with Crippen LogP contribution < -0.4 is 0 Å².